The lowest BCUT2D eigenvalue weighted by atomic mass is 10.0. The Kier molecular flexibility index (Phi) is 9.46. The molecule has 0 aromatic heterocycles. The van der Waals surface area contributed by atoms with Crippen LogP contribution in [-0.2, 0) is 34.6 Å². The van der Waals surface area contributed by atoms with Crippen LogP contribution in [0.1, 0.15) is 56.9 Å². The van der Waals surface area contributed by atoms with E-state index in [0.717, 1.165) is 50.7 Å². The number of halogens is 3. The van der Waals surface area contributed by atoms with Crippen molar-refractivity contribution in [2.24, 2.45) is 5.92 Å². The van der Waals surface area contributed by atoms with E-state index in [1.807, 2.05) is 0 Å². The van der Waals surface area contributed by atoms with E-state index in [1.54, 1.807) is 0 Å². The molecule has 4 aliphatic rings. The Labute approximate surface area is 220 Å². The van der Waals surface area contributed by atoms with Crippen molar-refractivity contribution in [2.45, 2.75) is 101 Å². The Morgan fingerprint density at radius 2 is 1.74 bits per heavy atom. The van der Waals surface area contributed by atoms with Crippen molar-refractivity contribution in [2.75, 3.05) is 26.4 Å². The highest BCUT2D eigenvalue weighted by Gasteiger charge is 2.51. The highest BCUT2D eigenvalue weighted by Crippen LogP contribution is 2.42. The molecular weight excluding hydrogens is 509 g/mol. The summed E-state index contributed by atoms with van der Waals surface area (Å²) in [5.41, 5.74) is -0.777. The minimum atomic E-state index is -4.46. The van der Waals surface area contributed by atoms with Gasteiger partial charge in [-0.15, -0.1) is 0 Å². The van der Waals surface area contributed by atoms with Crippen LogP contribution >= 0.6 is 0 Å². The number of hydrogen-bond acceptors (Lipinski definition) is 8. The first-order valence-corrected chi connectivity index (χ1v) is 13.6. The fourth-order valence-electron chi connectivity index (χ4n) is 5.66. The standard InChI is InChI=1S/C27H37F3O8/c28-27(29,30)17-6-5-7-18(12-17)34-15-19(36-24-8-1-3-10-32-24)16-35-26-20-13-23(31)37-21(20)14-22(26)38-25-9-2-4-11-33-25/h5-7,12,19-26,31H,1-4,8-11,13-16H2/t19?,20-,21-,22+,23?,24?,25?,26+/m1/s1. The minimum absolute atomic E-state index is 0.0155. The van der Waals surface area contributed by atoms with Crippen LogP contribution in [0.15, 0.2) is 24.3 Å². The molecule has 4 fully saturated rings. The van der Waals surface area contributed by atoms with Crippen LogP contribution in [-0.4, -0.2) is 74.8 Å². The number of hydrogen-bond donors (Lipinski definition) is 1. The molecule has 0 radical (unpaired) electrons. The van der Waals surface area contributed by atoms with E-state index in [9.17, 15) is 18.3 Å². The average molecular weight is 547 g/mol. The van der Waals surface area contributed by atoms with Gasteiger partial charge in [0.25, 0.3) is 0 Å². The number of aliphatic hydroxyl groups excluding tert-OH is 1. The largest absolute Gasteiger partial charge is 0.491 e. The molecule has 0 spiro atoms. The van der Waals surface area contributed by atoms with E-state index in [4.69, 9.17) is 33.2 Å². The molecule has 3 heterocycles. The molecule has 214 valence electrons. The lowest BCUT2D eigenvalue weighted by Crippen LogP contribution is -2.40. The van der Waals surface area contributed by atoms with E-state index in [-0.39, 0.29) is 49.5 Å². The molecule has 1 saturated carbocycles. The molecule has 1 aromatic carbocycles. The summed E-state index contributed by atoms with van der Waals surface area (Å²) in [7, 11) is 0. The summed E-state index contributed by atoms with van der Waals surface area (Å²) < 4.78 is 81.2. The zero-order valence-corrected chi connectivity index (χ0v) is 21.4. The fourth-order valence-corrected chi connectivity index (χ4v) is 5.66. The van der Waals surface area contributed by atoms with Crippen molar-refractivity contribution < 1.29 is 51.4 Å². The normalized spacial score (nSPS) is 34.7. The third kappa shape index (κ3) is 7.38. The number of rotatable bonds is 10. The van der Waals surface area contributed by atoms with Crippen LogP contribution in [0, 0.1) is 5.92 Å². The van der Waals surface area contributed by atoms with E-state index in [0.29, 0.717) is 26.1 Å². The molecule has 8 atom stereocenters. The SMILES string of the molecule is OC1C[C@H]2[C@H](OCC(COc3cccc(C(F)(F)F)c3)OC3CCCCO3)[C@@H](OC3CCCCO3)C[C@H]2O1. The van der Waals surface area contributed by atoms with Gasteiger partial charge in [-0.05, 0) is 56.7 Å². The fraction of sp³-hybridized carbons (Fsp3) is 0.778. The zero-order chi connectivity index (χ0) is 26.5. The first-order valence-electron chi connectivity index (χ1n) is 13.6. The number of alkyl halides is 3. The monoisotopic (exact) mass is 546 g/mol. The first-order chi connectivity index (χ1) is 18.3. The van der Waals surface area contributed by atoms with E-state index in [2.05, 4.69) is 0 Å². The van der Waals surface area contributed by atoms with Gasteiger partial charge in [-0.3, -0.25) is 0 Å². The number of fused-ring (bicyclic) bond motifs is 1. The van der Waals surface area contributed by atoms with Crippen LogP contribution in [0.4, 0.5) is 13.2 Å². The smallest absolute Gasteiger partial charge is 0.416 e. The Morgan fingerprint density at radius 1 is 0.974 bits per heavy atom. The van der Waals surface area contributed by atoms with Crippen molar-refractivity contribution in [3.63, 3.8) is 0 Å². The topological polar surface area (TPSA) is 84.8 Å². The summed E-state index contributed by atoms with van der Waals surface area (Å²) in [6.07, 6.45) is -0.874. The maximum atomic E-state index is 13.1. The number of benzene rings is 1. The Bertz CT molecular complexity index is 874. The molecule has 1 aliphatic carbocycles. The van der Waals surface area contributed by atoms with Gasteiger partial charge in [-0.1, -0.05) is 6.07 Å². The van der Waals surface area contributed by atoms with Gasteiger partial charge in [0.1, 0.15) is 18.5 Å². The Hall–Kier alpha value is -1.47. The third-order valence-corrected chi connectivity index (χ3v) is 7.55. The van der Waals surface area contributed by atoms with Crippen LogP contribution in [0.25, 0.3) is 0 Å². The predicted octanol–water partition coefficient (Wildman–Crippen LogP) is 4.42. The molecule has 0 amide bonds. The van der Waals surface area contributed by atoms with Crippen LogP contribution in [0.3, 0.4) is 0 Å². The molecule has 38 heavy (non-hydrogen) atoms. The second-order valence-electron chi connectivity index (χ2n) is 10.4. The summed E-state index contributed by atoms with van der Waals surface area (Å²) in [6.45, 7) is 1.35. The zero-order valence-electron chi connectivity index (χ0n) is 21.4. The van der Waals surface area contributed by atoms with Gasteiger partial charge in [-0.2, -0.15) is 13.2 Å². The van der Waals surface area contributed by atoms with Gasteiger partial charge in [-0.25, -0.2) is 0 Å². The van der Waals surface area contributed by atoms with E-state index >= 15 is 0 Å². The molecule has 1 aromatic rings. The molecule has 3 saturated heterocycles. The lowest BCUT2D eigenvalue weighted by molar-refractivity contribution is -0.227. The van der Waals surface area contributed by atoms with Crippen molar-refractivity contribution >= 4 is 0 Å². The summed E-state index contributed by atoms with van der Waals surface area (Å²) in [5, 5.41) is 10.1. The predicted molar refractivity (Wildman–Crippen MR) is 127 cm³/mol. The minimum Gasteiger partial charge on any atom is -0.491 e. The van der Waals surface area contributed by atoms with E-state index in [1.165, 1.54) is 12.1 Å². The molecule has 3 aliphatic heterocycles. The second kappa shape index (κ2) is 12.8. The van der Waals surface area contributed by atoms with Crippen molar-refractivity contribution in [1.82, 2.24) is 0 Å². The lowest BCUT2D eigenvalue weighted by Gasteiger charge is -2.32. The van der Waals surface area contributed by atoms with Gasteiger partial charge in [0.05, 0.1) is 30.5 Å². The van der Waals surface area contributed by atoms with Crippen molar-refractivity contribution in [1.29, 1.82) is 0 Å². The van der Waals surface area contributed by atoms with E-state index < -0.39 is 30.4 Å². The summed E-state index contributed by atoms with van der Waals surface area (Å²) in [5.74, 6) is 0.0523. The summed E-state index contributed by atoms with van der Waals surface area (Å²) in [4.78, 5) is 0. The van der Waals surface area contributed by atoms with Crippen LogP contribution in [0.5, 0.6) is 5.75 Å². The van der Waals surface area contributed by atoms with Crippen molar-refractivity contribution in [3.8, 4) is 5.75 Å². The molecule has 5 rings (SSSR count). The molecule has 4 unspecified atom stereocenters. The Morgan fingerprint density at radius 3 is 2.45 bits per heavy atom. The Balaban J connectivity index is 1.24. The summed E-state index contributed by atoms with van der Waals surface area (Å²) >= 11 is 0. The average Bonchev–Trinajstić information content (AvgIpc) is 3.42. The highest BCUT2D eigenvalue weighted by molar-refractivity contribution is 5.30. The highest BCUT2D eigenvalue weighted by atomic mass is 19.4. The van der Waals surface area contributed by atoms with Gasteiger partial charge in [0.2, 0.25) is 0 Å². The van der Waals surface area contributed by atoms with Gasteiger partial charge >= 0.3 is 6.18 Å². The molecule has 1 N–H and O–H groups in total. The maximum Gasteiger partial charge on any atom is 0.416 e. The number of ether oxygens (including phenoxy) is 7. The first kappa shape index (κ1) is 28.1. The second-order valence-corrected chi connectivity index (χ2v) is 10.4. The van der Waals surface area contributed by atoms with Gasteiger partial charge in [0.15, 0.2) is 18.9 Å². The molecule has 8 nitrogen and oxygen atoms in total. The van der Waals surface area contributed by atoms with Gasteiger partial charge < -0.3 is 38.3 Å². The van der Waals surface area contributed by atoms with Crippen LogP contribution in [0.2, 0.25) is 0 Å². The maximum absolute atomic E-state index is 13.1. The van der Waals surface area contributed by atoms with Crippen LogP contribution < -0.4 is 4.74 Å². The van der Waals surface area contributed by atoms with Gasteiger partial charge in [0, 0.05) is 32.0 Å². The quantitative estimate of drug-likeness (QED) is 0.462. The molecule has 0 bridgehead atoms. The number of aliphatic hydroxyl groups is 1. The molecule has 11 heteroatoms. The summed E-state index contributed by atoms with van der Waals surface area (Å²) in [6, 6.07) is 4.78. The molecular formula is C27H37F3O8. The third-order valence-electron chi connectivity index (χ3n) is 7.55. The van der Waals surface area contributed by atoms with Crippen molar-refractivity contribution in [3.05, 3.63) is 29.8 Å².